The predicted molar refractivity (Wildman–Crippen MR) is 20.5 cm³/mol. The van der Waals surface area contributed by atoms with Crippen molar-refractivity contribution in [2.75, 3.05) is 14.2 Å². The largest absolute Gasteiger partial charge is 1.00 e. The number of methoxy groups -OCH3 is 2. The smallest absolute Gasteiger partial charge is 1.00 e. The summed E-state index contributed by atoms with van der Waals surface area (Å²) in [6.07, 6.45) is -0.657. The van der Waals surface area contributed by atoms with Crippen LogP contribution in [0.5, 0.6) is 0 Å². The maximum absolute atomic E-state index is 9.74. The van der Waals surface area contributed by atoms with E-state index in [1.165, 1.54) is 14.2 Å². The van der Waals surface area contributed by atoms with Gasteiger partial charge in [-0.15, -0.1) is 0 Å². The minimum Gasteiger partial charge on any atom is -1.00 e. The average Bonchev–Trinajstić information content (AvgIpc) is 1.65. The van der Waals surface area contributed by atoms with E-state index in [1.54, 1.807) is 0 Å². The Morgan fingerprint density at radius 2 is 1.71 bits per heavy atom. The van der Waals surface area contributed by atoms with Crippen molar-refractivity contribution in [3.63, 3.8) is 0 Å². The first-order valence-electron chi connectivity index (χ1n) is 1.43. The van der Waals surface area contributed by atoms with Crippen LogP contribution in [0.1, 0.15) is 1.43 Å². The van der Waals surface area contributed by atoms with Gasteiger partial charge in [0.15, 0.2) is 0 Å². The van der Waals surface area contributed by atoms with Crippen LogP contribution >= 0.6 is 0 Å². The van der Waals surface area contributed by atoms with Crippen LogP contribution in [0.3, 0.4) is 0 Å². The van der Waals surface area contributed by atoms with Crippen molar-refractivity contribution in [3.05, 3.63) is 0 Å². The maximum Gasteiger partial charge on any atom is 1.00 e. The summed E-state index contributed by atoms with van der Waals surface area (Å²) in [6, 6.07) is 0. The fourth-order valence-corrected chi connectivity index (χ4v) is 0.0833. The SMILES string of the molecule is COC(=O)OC.[H-].[Na+]. The molecule has 0 aliphatic carbocycles. The van der Waals surface area contributed by atoms with Gasteiger partial charge >= 0.3 is 35.7 Å². The first-order chi connectivity index (χ1) is 2.81. The number of carbonyl (C=O) groups is 1. The summed E-state index contributed by atoms with van der Waals surface area (Å²) >= 11 is 0. The van der Waals surface area contributed by atoms with Gasteiger partial charge in [0.1, 0.15) is 0 Å². The van der Waals surface area contributed by atoms with Gasteiger partial charge in [0.25, 0.3) is 0 Å². The molecule has 0 aromatic rings. The molecule has 0 bridgehead atoms. The Labute approximate surface area is 65.8 Å². The zero-order chi connectivity index (χ0) is 4.99. The zero-order valence-corrected chi connectivity index (χ0v) is 6.72. The third kappa shape index (κ3) is 6.27. The van der Waals surface area contributed by atoms with E-state index >= 15 is 0 Å². The molecule has 0 atom stereocenters. The summed E-state index contributed by atoms with van der Waals surface area (Å²) in [5.41, 5.74) is 0. The van der Waals surface area contributed by atoms with E-state index in [-0.39, 0.29) is 31.0 Å². The fraction of sp³-hybridized carbons (Fsp3) is 0.667. The summed E-state index contributed by atoms with van der Waals surface area (Å²) in [5, 5.41) is 0. The Balaban J connectivity index is -0.000000125. The quantitative estimate of drug-likeness (QED) is 0.258. The van der Waals surface area contributed by atoms with E-state index in [2.05, 4.69) is 9.47 Å². The Bertz CT molecular complexity index is 52.5. The van der Waals surface area contributed by atoms with Crippen LogP contribution in [-0.4, -0.2) is 20.4 Å². The molecule has 0 amide bonds. The van der Waals surface area contributed by atoms with Gasteiger partial charge < -0.3 is 10.9 Å². The standard InChI is InChI=1S/C3H6O3.Na.H/c1-5-3(4)6-2;;/h1-2H3;;/q;+1;-1. The first kappa shape index (κ1) is 10.3. The van der Waals surface area contributed by atoms with Gasteiger partial charge in [0.2, 0.25) is 0 Å². The van der Waals surface area contributed by atoms with E-state index in [0.717, 1.165) is 0 Å². The molecule has 0 radical (unpaired) electrons. The van der Waals surface area contributed by atoms with E-state index in [1.807, 2.05) is 0 Å². The van der Waals surface area contributed by atoms with Gasteiger partial charge in [-0.05, 0) is 0 Å². The van der Waals surface area contributed by atoms with Gasteiger partial charge in [-0.2, -0.15) is 0 Å². The van der Waals surface area contributed by atoms with Crippen molar-refractivity contribution in [2.45, 2.75) is 0 Å². The third-order valence-corrected chi connectivity index (χ3v) is 0.333. The van der Waals surface area contributed by atoms with Gasteiger partial charge in [0, 0.05) is 0 Å². The predicted octanol–water partition coefficient (Wildman–Crippen LogP) is -2.48. The van der Waals surface area contributed by atoms with Crippen molar-refractivity contribution < 1.29 is 45.3 Å². The van der Waals surface area contributed by atoms with Gasteiger partial charge in [-0.3, -0.25) is 0 Å². The number of hydrogen-bond acceptors (Lipinski definition) is 3. The Morgan fingerprint density at radius 3 is 1.71 bits per heavy atom. The molecule has 0 unspecified atom stereocenters. The van der Waals surface area contributed by atoms with Crippen LogP contribution in [0.4, 0.5) is 4.79 Å². The molecule has 0 fully saturated rings. The molecule has 0 heterocycles. The summed E-state index contributed by atoms with van der Waals surface area (Å²) < 4.78 is 8.08. The normalized spacial score (nSPS) is 6.00. The molecule has 0 aliphatic heterocycles. The summed E-state index contributed by atoms with van der Waals surface area (Å²) in [5.74, 6) is 0. The van der Waals surface area contributed by atoms with Gasteiger partial charge in [-0.1, -0.05) is 0 Å². The molecule has 0 aromatic carbocycles. The second kappa shape index (κ2) is 6.27. The minimum absolute atomic E-state index is 0. The second-order valence-electron chi connectivity index (χ2n) is 0.658. The van der Waals surface area contributed by atoms with Gasteiger partial charge in [-0.25, -0.2) is 4.79 Å². The van der Waals surface area contributed by atoms with Crippen LogP contribution < -0.4 is 29.6 Å². The maximum atomic E-state index is 9.74. The first-order valence-corrected chi connectivity index (χ1v) is 1.43. The molecule has 0 rings (SSSR count). The zero-order valence-electron chi connectivity index (χ0n) is 5.72. The molecule has 0 saturated carbocycles. The summed E-state index contributed by atoms with van der Waals surface area (Å²) in [7, 11) is 2.51. The van der Waals surface area contributed by atoms with E-state index < -0.39 is 6.16 Å². The van der Waals surface area contributed by atoms with Crippen LogP contribution in [-0.2, 0) is 9.47 Å². The third-order valence-electron chi connectivity index (χ3n) is 0.333. The molecule has 0 aliphatic rings. The van der Waals surface area contributed by atoms with Crippen molar-refractivity contribution >= 4 is 6.16 Å². The Kier molecular flexibility index (Phi) is 9.22. The average molecular weight is 114 g/mol. The van der Waals surface area contributed by atoms with Crippen molar-refractivity contribution in [2.24, 2.45) is 0 Å². The van der Waals surface area contributed by atoms with E-state index in [9.17, 15) is 4.79 Å². The summed E-state index contributed by atoms with van der Waals surface area (Å²) in [4.78, 5) is 9.74. The Morgan fingerprint density at radius 1 is 1.43 bits per heavy atom. The number of ether oxygens (including phenoxy) is 2. The molecule has 0 aromatic heterocycles. The molecule has 0 saturated heterocycles. The molecule has 0 spiro atoms. The second-order valence-corrected chi connectivity index (χ2v) is 0.658. The number of carbonyl (C=O) groups excluding carboxylic acids is 1. The molecular formula is C3H7NaO3. The molecule has 4 heteroatoms. The summed E-state index contributed by atoms with van der Waals surface area (Å²) in [6.45, 7) is 0. The van der Waals surface area contributed by atoms with Crippen LogP contribution in [0.15, 0.2) is 0 Å². The van der Waals surface area contributed by atoms with Crippen LogP contribution in [0.2, 0.25) is 0 Å². The molecule has 3 nitrogen and oxygen atoms in total. The van der Waals surface area contributed by atoms with Gasteiger partial charge in [0.05, 0.1) is 14.2 Å². The molecule has 38 valence electrons. The van der Waals surface area contributed by atoms with Crippen molar-refractivity contribution in [3.8, 4) is 0 Å². The number of rotatable bonds is 0. The monoisotopic (exact) mass is 114 g/mol. The van der Waals surface area contributed by atoms with E-state index in [0.29, 0.717) is 0 Å². The molecule has 7 heavy (non-hydrogen) atoms. The minimum atomic E-state index is -0.657. The fourth-order valence-electron chi connectivity index (χ4n) is 0.0833. The topological polar surface area (TPSA) is 35.5 Å². The van der Waals surface area contributed by atoms with Crippen molar-refractivity contribution in [1.82, 2.24) is 0 Å². The molecule has 0 N–H and O–H groups in total. The van der Waals surface area contributed by atoms with Crippen molar-refractivity contribution in [1.29, 1.82) is 0 Å². The van der Waals surface area contributed by atoms with Crippen LogP contribution in [0.25, 0.3) is 0 Å². The van der Waals surface area contributed by atoms with E-state index in [4.69, 9.17) is 0 Å². The molecular weight excluding hydrogens is 107 g/mol. The Hall–Kier alpha value is 0.270. The van der Waals surface area contributed by atoms with Crippen LogP contribution in [0, 0.1) is 0 Å². The number of hydrogen-bond donors (Lipinski definition) is 0.